The van der Waals surface area contributed by atoms with Crippen LogP contribution in [0.5, 0.6) is 5.75 Å². The van der Waals surface area contributed by atoms with Crippen LogP contribution in [-0.2, 0) is 14.8 Å². The Balaban J connectivity index is 2.30. The molecule has 0 saturated heterocycles. The fourth-order valence-electron chi connectivity index (χ4n) is 2.05. The number of nitrogens with one attached hydrogen (secondary N) is 1. The van der Waals surface area contributed by atoms with E-state index in [-0.39, 0.29) is 29.0 Å². The summed E-state index contributed by atoms with van der Waals surface area (Å²) in [5.74, 6) is -0.294. The first kappa shape index (κ1) is 17.8. The lowest BCUT2D eigenvalue weighted by molar-refractivity contribution is 0.0490. The Labute approximate surface area is 139 Å². The van der Waals surface area contributed by atoms with Crippen molar-refractivity contribution in [3.63, 3.8) is 0 Å². The molecule has 0 bridgehead atoms. The molecule has 0 radical (unpaired) electrons. The average Bonchev–Trinajstić information content (AvgIpc) is 2.86. The second-order valence-electron chi connectivity index (χ2n) is 4.89. The number of anilines is 1. The number of esters is 1. The highest BCUT2D eigenvalue weighted by molar-refractivity contribution is 7.92. The van der Waals surface area contributed by atoms with Gasteiger partial charge in [0.2, 0.25) is 5.76 Å². The number of nitrogens with zero attached hydrogens (tertiary/aromatic N) is 1. The van der Waals surface area contributed by atoms with E-state index >= 15 is 0 Å². The molecule has 0 atom stereocenters. The number of sulfonamides is 1. The summed E-state index contributed by atoms with van der Waals surface area (Å²) >= 11 is 0. The van der Waals surface area contributed by atoms with Gasteiger partial charge < -0.3 is 13.9 Å². The molecule has 0 aliphatic rings. The second kappa shape index (κ2) is 6.91. The van der Waals surface area contributed by atoms with Gasteiger partial charge in [-0.1, -0.05) is 0 Å². The molecule has 0 aliphatic carbocycles. The number of oxazole rings is 1. The lowest BCUT2D eigenvalue weighted by Gasteiger charge is -2.09. The molecule has 1 heterocycles. The van der Waals surface area contributed by atoms with Crippen LogP contribution < -0.4 is 9.46 Å². The zero-order chi connectivity index (χ0) is 17.9. The summed E-state index contributed by atoms with van der Waals surface area (Å²) in [6.07, 6.45) is 0. The van der Waals surface area contributed by atoms with E-state index in [0.29, 0.717) is 11.3 Å². The molecule has 8 nitrogen and oxygen atoms in total. The number of hydrogen-bond acceptors (Lipinski definition) is 7. The van der Waals surface area contributed by atoms with Gasteiger partial charge in [-0.2, -0.15) is 4.98 Å². The van der Waals surface area contributed by atoms with Crippen molar-refractivity contribution in [3.05, 3.63) is 35.2 Å². The highest BCUT2D eigenvalue weighted by Gasteiger charge is 2.23. The van der Waals surface area contributed by atoms with Crippen molar-refractivity contribution in [2.24, 2.45) is 0 Å². The monoisotopic (exact) mass is 354 g/mol. The second-order valence-corrected chi connectivity index (χ2v) is 6.54. The number of hydrogen-bond donors (Lipinski definition) is 1. The first-order valence-electron chi connectivity index (χ1n) is 7.10. The van der Waals surface area contributed by atoms with Gasteiger partial charge in [0.15, 0.2) is 0 Å². The molecule has 1 N–H and O–H groups in total. The Hall–Kier alpha value is -2.55. The van der Waals surface area contributed by atoms with Crippen molar-refractivity contribution in [3.8, 4) is 5.75 Å². The van der Waals surface area contributed by atoms with E-state index in [1.807, 2.05) is 0 Å². The van der Waals surface area contributed by atoms with Crippen molar-refractivity contribution in [2.45, 2.75) is 25.7 Å². The third-order valence-corrected chi connectivity index (χ3v) is 4.63. The summed E-state index contributed by atoms with van der Waals surface area (Å²) in [5.41, 5.74) is 0.730. The number of aryl methyl sites for hydroxylation is 2. The number of aromatic nitrogens is 1. The van der Waals surface area contributed by atoms with Gasteiger partial charge >= 0.3 is 12.0 Å². The third-order valence-electron chi connectivity index (χ3n) is 3.15. The minimum atomic E-state index is -3.92. The standard InChI is InChI=1S/C15H18N2O6S/c1-5-22-14(18)13-10(3)16-15(23-13)17-24(19,20)12-7-6-11(21-4)8-9(12)2/h6-8H,5H2,1-4H3,(H,16,17). The largest absolute Gasteiger partial charge is 0.497 e. The summed E-state index contributed by atoms with van der Waals surface area (Å²) in [6, 6.07) is 4.25. The SMILES string of the molecule is CCOC(=O)c1oc(NS(=O)(=O)c2ccc(OC)cc2C)nc1C. The number of benzene rings is 1. The van der Waals surface area contributed by atoms with E-state index in [9.17, 15) is 13.2 Å². The van der Waals surface area contributed by atoms with E-state index in [4.69, 9.17) is 13.9 Å². The number of carbonyl (C=O) groups excluding carboxylic acids is 1. The van der Waals surface area contributed by atoms with Gasteiger partial charge in [-0.05, 0) is 44.5 Å². The summed E-state index contributed by atoms with van der Waals surface area (Å²) < 4.78 is 42.2. The first-order chi connectivity index (χ1) is 11.3. The summed E-state index contributed by atoms with van der Waals surface area (Å²) in [7, 11) is -2.43. The molecule has 9 heteroatoms. The predicted molar refractivity (Wildman–Crippen MR) is 85.7 cm³/mol. The van der Waals surface area contributed by atoms with Crippen LogP contribution in [0.4, 0.5) is 6.01 Å². The lowest BCUT2D eigenvalue weighted by atomic mass is 10.2. The van der Waals surface area contributed by atoms with Crippen LogP contribution >= 0.6 is 0 Å². The molecular formula is C15H18N2O6S. The molecule has 0 fully saturated rings. The number of methoxy groups -OCH3 is 1. The fourth-order valence-corrected chi connectivity index (χ4v) is 3.20. The van der Waals surface area contributed by atoms with Gasteiger partial charge in [0.25, 0.3) is 10.0 Å². The molecule has 0 spiro atoms. The van der Waals surface area contributed by atoms with Crippen LogP contribution in [0.1, 0.15) is 28.7 Å². The van der Waals surface area contributed by atoms with E-state index in [1.54, 1.807) is 19.9 Å². The maximum atomic E-state index is 12.5. The van der Waals surface area contributed by atoms with Crippen molar-refractivity contribution < 1.29 is 27.1 Å². The van der Waals surface area contributed by atoms with Crippen LogP contribution in [0.25, 0.3) is 0 Å². The number of ether oxygens (including phenoxy) is 2. The molecule has 1 aromatic heterocycles. The molecule has 1 aromatic carbocycles. The number of rotatable bonds is 6. The van der Waals surface area contributed by atoms with Gasteiger partial charge in [0.1, 0.15) is 5.75 Å². The predicted octanol–water partition coefficient (Wildman–Crippen LogP) is 2.28. The van der Waals surface area contributed by atoms with E-state index < -0.39 is 16.0 Å². The van der Waals surface area contributed by atoms with E-state index in [1.165, 1.54) is 26.2 Å². The highest BCUT2D eigenvalue weighted by atomic mass is 32.2. The van der Waals surface area contributed by atoms with Crippen molar-refractivity contribution in [2.75, 3.05) is 18.4 Å². The lowest BCUT2D eigenvalue weighted by Crippen LogP contribution is -2.14. The van der Waals surface area contributed by atoms with Crippen LogP contribution in [0, 0.1) is 13.8 Å². The Kier molecular flexibility index (Phi) is 5.13. The molecular weight excluding hydrogens is 336 g/mol. The van der Waals surface area contributed by atoms with Crippen LogP contribution in [0.2, 0.25) is 0 Å². The molecule has 0 saturated carbocycles. The molecule has 0 amide bonds. The summed E-state index contributed by atoms with van der Waals surface area (Å²) in [4.78, 5) is 15.7. The maximum Gasteiger partial charge on any atom is 0.376 e. The van der Waals surface area contributed by atoms with Crippen molar-refractivity contribution >= 4 is 22.0 Å². The number of carbonyl (C=O) groups is 1. The third kappa shape index (κ3) is 3.67. The molecule has 2 aromatic rings. The van der Waals surface area contributed by atoms with Gasteiger partial charge in [0.05, 0.1) is 24.3 Å². The van der Waals surface area contributed by atoms with Crippen LogP contribution in [-0.4, -0.2) is 33.1 Å². The van der Waals surface area contributed by atoms with Gasteiger partial charge in [-0.3, -0.25) is 0 Å². The zero-order valence-corrected chi connectivity index (χ0v) is 14.6. The minimum Gasteiger partial charge on any atom is -0.497 e. The smallest absolute Gasteiger partial charge is 0.376 e. The van der Waals surface area contributed by atoms with Crippen LogP contribution in [0.15, 0.2) is 27.5 Å². The maximum absolute atomic E-state index is 12.5. The zero-order valence-electron chi connectivity index (χ0n) is 13.7. The van der Waals surface area contributed by atoms with Gasteiger partial charge in [-0.15, -0.1) is 0 Å². The Bertz CT molecular complexity index is 857. The Morgan fingerprint density at radius 3 is 2.62 bits per heavy atom. The minimum absolute atomic E-state index is 0.0526. The van der Waals surface area contributed by atoms with Crippen molar-refractivity contribution in [1.82, 2.24) is 4.98 Å². The normalized spacial score (nSPS) is 11.2. The fraction of sp³-hybridized carbons (Fsp3) is 0.333. The quantitative estimate of drug-likeness (QED) is 0.793. The Morgan fingerprint density at radius 2 is 2.04 bits per heavy atom. The molecule has 24 heavy (non-hydrogen) atoms. The summed E-state index contributed by atoms with van der Waals surface area (Å²) in [6.45, 7) is 4.98. The molecule has 130 valence electrons. The van der Waals surface area contributed by atoms with Crippen LogP contribution in [0.3, 0.4) is 0 Å². The van der Waals surface area contributed by atoms with E-state index in [2.05, 4.69) is 9.71 Å². The van der Waals surface area contributed by atoms with E-state index in [0.717, 1.165) is 0 Å². The van der Waals surface area contributed by atoms with Gasteiger partial charge in [0, 0.05) is 0 Å². The first-order valence-corrected chi connectivity index (χ1v) is 8.58. The molecule has 0 aliphatic heterocycles. The average molecular weight is 354 g/mol. The highest BCUT2D eigenvalue weighted by Crippen LogP contribution is 2.24. The molecule has 0 unspecified atom stereocenters. The topological polar surface area (TPSA) is 108 Å². The van der Waals surface area contributed by atoms with Crippen molar-refractivity contribution in [1.29, 1.82) is 0 Å². The summed E-state index contributed by atoms with van der Waals surface area (Å²) in [5, 5.41) is 0. The molecule has 2 rings (SSSR count). The van der Waals surface area contributed by atoms with Gasteiger partial charge in [-0.25, -0.2) is 17.9 Å². The Morgan fingerprint density at radius 1 is 1.33 bits per heavy atom.